The summed E-state index contributed by atoms with van der Waals surface area (Å²) in [5.41, 5.74) is 18.4. The van der Waals surface area contributed by atoms with Gasteiger partial charge in [0, 0.05) is 50.4 Å². The molecule has 62 heavy (non-hydrogen) atoms. The molecule has 0 aliphatic heterocycles. The normalized spacial score (nSPS) is 13.3. The van der Waals surface area contributed by atoms with E-state index in [1.807, 2.05) is 12.1 Å². The van der Waals surface area contributed by atoms with E-state index in [0.717, 1.165) is 55.7 Å². The van der Waals surface area contributed by atoms with Gasteiger partial charge in [0.25, 0.3) is 0 Å². The van der Waals surface area contributed by atoms with E-state index < -0.39 is 5.41 Å². The van der Waals surface area contributed by atoms with Gasteiger partial charge in [0.15, 0.2) is 0 Å². The highest BCUT2D eigenvalue weighted by Gasteiger charge is 2.50. The third-order valence-corrected chi connectivity index (χ3v) is 13.8. The number of fused-ring (bicyclic) bond motifs is 15. The molecule has 12 aromatic rings. The Balaban J connectivity index is 1.04. The van der Waals surface area contributed by atoms with Gasteiger partial charge in [-0.3, -0.25) is 0 Å². The number of nitrogens with zero attached hydrogens (tertiary/aromatic N) is 2. The smallest absolute Gasteiger partial charge is 0.137 e. The molecule has 0 unspecified atom stereocenters. The number of hydrogen-bond acceptors (Lipinski definition) is 2. The average molecular weight is 789 g/mol. The monoisotopic (exact) mass is 788 g/mol. The summed E-state index contributed by atoms with van der Waals surface area (Å²) in [6.07, 6.45) is 0. The molecule has 1 spiro atoms. The summed E-state index contributed by atoms with van der Waals surface area (Å²) >= 11 is 0. The van der Waals surface area contributed by atoms with Crippen LogP contribution >= 0.6 is 0 Å². The molecule has 2 heterocycles. The Hall–Kier alpha value is -8.14. The molecule has 288 valence electrons. The third-order valence-electron chi connectivity index (χ3n) is 13.8. The van der Waals surface area contributed by atoms with Crippen molar-refractivity contribution in [3.8, 4) is 27.9 Å². The Bertz CT molecular complexity index is 3780. The van der Waals surface area contributed by atoms with Gasteiger partial charge >= 0.3 is 0 Å². The lowest BCUT2D eigenvalue weighted by Crippen LogP contribution is -2.32. The summed E-state index contributed by atoms with van der Waals surface area (Å²) in [4.78, 5) is 2.44. The first-order valence-electron chi connectivity index (χ1n) is 21.4. The number of hydrogen-bond donors (Lipinski definition) is 0. The van der Waals surface area contributed by atoms with Crippen molar-refractivity contribution in [2.24, 2.45) is 0 Å². The maximum Gasteiger partial charge on any atom is 0.137 e. The van der Waals surface area contributed by atoms with Crippen LogP contribution in [0.3, 0.4) is 0 Å². The van der Waals surface area contributed by atoms with Crippen molar-refractivity contribution in [2.45, 2.75) is 5.41 Å². The highest BCUT2D eigenvalue weighted by Crippen LogP contribution is 2.62. The van der Waals surface area contributed by atoms with Gasteiger partial charge in [-0.25, -0.2) is 0 Å². The van der Waals surface area contributed by atoms with Gasteiger partial charge in [0.05, 0.1) is 16.4 Å². The summed E-state index contributed by atoms with van der Waals surface area (Å²) < 4.78 is 8.84. The van der Waals surface area contributed by atoms with Crippen LogP contribution in [0.1, 0.15) is 22.3 Å². The molecule has 0 fully saturated rings. The minimum Gasteiger partial charge on any atom is -0.456 e. The van der Waals surface area contributed by atoms with Crippen LogP contribution in [0.25, 0.3) is 82.5 Å². The molecule has 0 amide bonds. The van der Waals surface area contributed by atoms with Crippen LogP contribution in [-0.4, -0.2) is 4.57 Å². The fraction of sp³-hybridized carbons (Fsp3) is 0.0169. The van der Waals surface area contributed by atoms with Crippen molar-refractivity contribution in [3.05, 3.63) is 241 Å². The minimum absolute atomic E-state index is 0.513. The first kappa shape index (κ1) is 33.7. The minimum atomic E-state index is -0.513. The van der Waals surface area contributed by atoms with Crippen LogP contribution in [0.15, 0.2) is 223 Å². The van der Waals surface area contributed by atoms with Crippen molar-refractivity contribution in [1.82, 2.24) is 4.57 Å². The third kappa shape index (κ3) is 4.39. The van der Waals surface area contributed by atoms with Crippen LogP contribution in [0.2, 0.25) is 0 Å². The predicted molar refractivity (Wildman–Crippen MR) is 257 cm³/mol. The maximum atomic E-state index is 6.44. The molecule has 0 saturated carbocycles. The number of anilines is 3. The van der Waals surface area contributed by atoms with Crippen LogP contribution in [0.5, 0.6) is 0 Å². The Labute approximate surface area is 358 Å². The van der Waals surface area contributed by atoms with E-state index in [0.29, 0.717) is 0 Å². The molecule has 3 heteroatoms. The van der Waals surface area contributed by atoms with Crippen molar-refractivity contribution in [2.75, 3.05) is 4.90 Å². The van der Waals surface area contributed by atoms with Crippen LogP contribution in [-0.2, 0) is 5.41 Å². The lowest BCUT2D eigenvalue weighted by molar-refractivity contribution is 0.668. The Morgan fingerprint density at radius 2 is 0.952 bits per heavy atom. The zero-order chi connectivity index (χ0) is 40.5. The fourth-order valence-electron chi connectivity index (χ4n) is 11.3. The molecule has 2 aliphatic carbocycles. The van der Waals surface area contributed by atoms with E-state index >= 15 is 0 Å². The Kier molecular flexibility index (Phi) is 6.76. The molecule has 14 rings (SSSR count). The van der Waals surface area contributed by atoms with Crippen molar-refractivity contribution in [1.29, 1.82) is 0 Å². The van der Waals surface area contributed by atoms with Crippen molar-refractivity contribution in [3.63, 3.8) is 0 Å². The summed E-state index contributed by atoms with van der Waals surface area (Å²) in [7, 11) is 0. The summed E-state index contributed by atoms with van der Waals surface area (Å²) in [6.45, 7) is 0. The van der Waals surface area contributed by atoms with Gasteiger partial charge < -0.3 is 13.9 Å². The lowest BCUT2D eigenvalue weighted by Gasteiger charge is -2.40. The summed E-state index contributed by atoms with van der Waals surface area (Å²) in [5.74, 6) is 0. The van der Waals surface area contributed by atoms with Gasteiger partial charge in [0.2, 0.25) is 0 Å². The van der Waals surface area contributed by atoms with E-state index in [2.05, 4.69) is 216 Å². The molecule has 2 aliphatic rings. The molecule has 0 saturated heterocycles. The quantitative estimate of drug-likeness (QED) is 0.177. The second-order valence-electron chi connectivity index (χ2n) is 16.8. The van der Waals surface area contributed by atoms with E-state index in [-0.39, 0.29) is 0 Å². The fourth-order valence-corrected chi connectivity index (χ4v) is 11.3. The topological polar surface area (TPSA) is 21.3 Å². The van der Waals surface area contributed by atoms with Crippen molar-refractivity contribution >= 4 is 71.6 Å². The van der Waals surface area contributed by atoms with Gasteiger partial charge in [-0.1, -0.05) is 152 Å². The molecule has 10 aromatic carbocycles. The van der Waals surface area contributed by atoms with Crippen LogP contribution in [0, 0.1) is 0 Å². The molecule has 0 radical (unpaired) electrons. The van der Waals surface area contributed by atoms with Gasteiger partial charge in [-0.15, -0.1) is 0 Å². The van der Waals surface area contributed by atoms with Gasteiger partial charge in [-0.2, -0.15) is 0 Å². The first-order chi connectivity index (χ1) is 30.8. The summed E-state index contributed by atoms with van der Waals surface area (Å²) in [6, 6.07) is 80.5. The maximum absolute atomic E-state index is 6.44. The second-order valence-corrected chi connectivity index (χ2v) is 16.8. The Morgan fingerprint density at radius 1 is 0.355 bits per heavy atom. The zero-order valence-electron chi connectivity index (χ0n) is 33.6. The number of furan rings is 1. The molecule has 0 N–H and O–H groups in total. The number of para-hydroxylation sites is 3. The first-order valence-corrected chi connectivity index (χ1v) is 21.4. The lowest BCUT2D eigenvalue weighted by atomic mass is 9.61. The van der Waals surface area contributed by atoms with E-state index in [1.165, 1.54) is 66.1 Å². The van der Waals surface area contributed by atoms with E-state index in [1.54, 1.807) is 0 Å². The van der Waals surface area contributed by atoms with Crippen LogP contribution < -0.4 is 4.90 Å². The van der Waals surface area contributed by atoms with Gasteiger partial charge in [-0.05, 0) is 116 Å². The van der Waals surface area contributed by atoms with Crippen LogP contribution in [0.4, 0.5) is 17.1 Å². The molecule has 0 bridgehead atoms. The standard InChI is InChI=1S/C59H36N2O/c1-2-16-38(17-3-1)60(40-29-32-46-45-20-6-10-26-54(45)61(55(46)35-40)41-30-33-48-47-21-7-11-27-56(47)62-57(48)36-41)39-28-31-44-49-22-12-14-37-15-13-25-52(58(37)49)59(53(44)34-39)50-23-8-4-18-42(50)43-19-5-9-24-51(43)59/h1-36H. The number of benzene rings is 10. The molecule has 3 nitrogen and oxygen atoms in total. The average Bonchev–Trinajstić information content (AvgIpc) is 3.97. The molecule has 2 aromatic heterocycles. The van der Waals surface area contributed by atoms with E-state index in [4.69, 9.17) is 4.42 Å². The largest absolute Gasteiger partial charge is 0.456 e. The highest BCUT2D eigenvalue weighted by molar-refractivity contribution is 6.12. The second kappa shape index (κ2) is 12.4. The molecular weight excluding hydrogens is 753 g/mol. The van der Waals surface area contributed by atoms with E-state index in [9.17, 15) is 0 Å². The molecular formula is C59H36N2O. The Morgan fingerprint density at radius 3 is 1.79 bits per heavy atom. The predicted octanol–water partition coefficient (Wildman–Crippen LogP) is 15.6. The number of rotatable bonds is 4. The highest BCUT2D eigenvalue weighted by atomic mass is 16.3. The number of aromatic nitrogens is 1. The summed E-state index contributed by atoms with van der Waals surface area (Å²) in [5, 5.41) is 7.28. The zero-order valence-corrected chi connectivity index (χ0v) is 33.6. The molecule has 0 atom stereocenters. The van der Waals surface area contributed by atoms with Crippen molar-refractivity contribution < 1.29 is 4.42 Å². The van der Waals surface area contributed by atoms with Gasteiger partial charge in [0.1, 0.15) is 11.2 Å². The SMILES string of the molecule is c1ccc(N(c2ccc3c(c2)C2(c4ccccc4-c4ccccc42)c2cccc4cccc-3c24)c2ccc3c4ccccc4n(-c4ccc5c(c4)oc4ccccc45)c3c2)cc1.